The summed E-state index contributed by atoms with van der Waals surface area (Å²) in [6.07, 6.45) is 5.05. The lowest BCUT2D eigenvalue weighted by molar-refractivity contribution is 0.299. The Morgan fingerprint density at radius 2 is 1.95 bits per heavy atom. The van der Waals surface area contributed by atoms with Gasteiger partial charge < -0.3 is 10.2 Å². The number of hydrogen-bond acceptors (Lipinski definition) is 2. The van der Waals surface area contributed by atoms with E-state index in [1.165, 1.54) is 50.1 Å². The molecule has 19 heavy (non-hydrogen) atoms. The number of benzene rings is 1. The van der Waals surface area contributed by atoms with E-state index in [1.807, 2.05) is 0 Å². The van der Waals surface area contributed by atoms with E-state index in [4.69, 9.17) is 0 Å². The van der Waals surface area contributed by atoms with Crippen LogP contribution in [-0.2, 0) is 6.42 Å². The van der Waals surface area contributed by atoms with Gasteiger partial charge in [0.1, 0.15) is 0 Å². The minimum Gasteiger partial charge on any atom is -0.374 e. The van der Waals surface area contributed by atoms with Gasteiger partial charge in [-0.3, -0.25) is 0 Å². The fourth-order valence-electron chi connectivity index (χ4n) is 3.33. The molecule has 1 heterocycles. The molecule has 1 aliphatic rings. The van der Waals surface area contributed by atoms with E-state index in [0.717, 1.165) is 6.42 Å². The fraction of sp³-hybridized carbons (Fsp3) is 0.647. The van der Waals surface area contributed by atoms with Crippen molar-refractivity contribution in [2.45, 2.75) is 39.5 Å². The molecule has 1 saturated heterocycles. The second kappa shape index (κ2) is 6.42. The van der Waals surface area contributed by atoms with Crippen LogP contribution in [0.3, 0.4) is 0 Å². The Morgan fingerprint density at radius 3 is 2.47 bits per heavy atom. The van der Waals surface area contributed by atoms with Crippen LogP contribution in [0, 0.1) is 5.41 Å². The topological polar surface area (TPSA) is 15.3 Å². The molecule has 106 valence electrons. The Kier molecular flexibility index (Phi) is 4.87. The molecule has 0 radical (unpaired) electrons. The molecule has 0 spiro atoms. The molecule has 1 aliphatic heterocycles. The maximum Gasteiger partial charge on any atom is 0.0363 e. The Bertz CT molecular complexity index is 377. The van der Waals surface area contributed by atoms with Gasteiger partial charge >= 0.3 is 0 Å². The highest BCUT2D eigenvalue weighted by Crippen LogP contribution is 2.33. The molecule has 1 aromatic carbocycles. The molecule has 1 aromatic rings. The molecule has 1 fully saturated rings. The smallest absolute Gasteiger partial charge is 0.0363 e. The van der Waals surface area contributed by atoms with Gasteiger partial charge in [-0.05, 0) is 43.5 Å². The number of hydrogen-bond donors (Lipinski definition) is 1. The number of nitrogens with one attached hydrogen (secondary N) is 1. The minimum atomic E-state index is 0.479. The highest BCUT2D eigenvalue weighted by atomic mass is 15.1. The zero-order valence-corrected chi connectivity index (χ0v) is 12.7. The van der Waals surface area contributed by atoms with Gasteiger partial charge in [0.25, 0.3) is 0 Å². The summed E-state index contributed by atoms with van der Waals surface area (Å²) < 4.78 is 0. The SMILES string of the molecule is CCCC1(CN(C)c2ccc(CC)cc2)CCNC1. The van der Waals surface area contributed by atoms with Crippen molar-refractivity contribution in [3.8, 4) is 0 Å². The van der Waals surface area contributed by atoms with Crippen LogP contribution in [0.4, 0.5) is 5.69 Å². The quantitative estimate of drug-likeness (QED) is 0.842. The fourth-order valence-corrected chi connectivity index (χ4v) is 3.33. The van der Waals surface area contributed by atoms with Crippen LogP contribution in [0.25, 0.3) is 0 Å². The molecule has 1 atom stereocenters. The van der Waals surface area contributed by atoms with Gasteiger partial charge in [-0.15, -0.1) is 0 Å². The molecule has 1 N–H and O–H groups in total. The average molecular weight is 260 g/mol. The number of aryl methyl sites for hydroxylation is 1. The second-order valence-electron chi connectivity index (χ2n) is 6.05. The molecule has 2 rings (SSSR count). The van der Waals surface area contributed by atoms with Crippen molar-refractivity contribution in [1.82, 2.24) is 5.32 Å². The third kappa shape index (κ3) is 3.50. The van der Waals surface area contributed by atoms with Crippen LogP contribution in [0.15, 0.2) is 24.3 Å². The second-order valence-corrected chi connectivity index (χ2v) is 6.05. The summed E-state index contributed by atoms with van der Waals surface area (Å²) >= 11 is 0. The molecule has 0 saturated carbocycles. The van der Waals surface area contributed by atoms with Crippen molar-refractivity contribution in [2.75, 3.05) is 31.6 Å². The largest absolute Gasteiger partial charge is 0.374 e. The van der Waals surface area contributed by atoms with Crippen LogP contribution in [-0.4, -0.2) is 26.7 Å². The van der Waals surface area contributed by atoms with Gasteiger partial charge in [0.05, 0.1) is 0 Å². The van der Waals surface area contributed by atoms with Crippen molar-refractivity contribution in [3.63, 3.8) is 0 Å². The van der Waals surface area contributed by atoms with Crippen LogP contribution < -0.4 is 10.2 Å². The highest BCUT2D eigenvalue weighted by Gasteiger charge is 2.33. The molecule has 0 bridgehead atoms. The maximum atomic E-state index is 3.55. The summed E-state index contributed by atoms with van der Waals surface area (Å²) in [5.74, 6) is 0. The van der Waals surface area contributed by atoms with E-state index in [9.17, 15) is 0 Å². The summed E-state index contributed by atoms with van der Waals surface area (Å²) in [5.41, 5.74) is 3.25. The average Bonchev–Trinajstić information content (AvgIpc) is 2.87. The molecular weight excluding hydrogens is 232 g/mol. The van der Waals surface area contributed by atoms with E-state index in [2.05, 4.69) is 55.4 Å². The van der Waals surface area contributed by atoms with E-state index < -0.39 is 0 Å². The van der Waals surface area contributed by atoms with Gasteiger partial charge in [0.2, 0.25) is 0 Å². The van der Waals surface area contributed by atoms with E-state index in [1.54, 1.807) is 0 Å². The van der Waals surface area contributed by atoms with E-state index in [0.29, 0.717) is 5.41 Å². The first kappa shape index (κ1) is 14.4. The Morgan fingerprint density at radius 1 is 1.21 bits per heavy atom. The molecule has 2 heteroatoms. The molecule has 2 nitrogen and oxygen atoms in total. The molecular formula is C17H28N2. The lowest BCUT2D eigenvalue weighted by Gasteiger charge is -2.34. The van der Waals surface area contributed by atoms with Crippen LogP contribution >= 0.6 is 0 Å². The number of anilines is 1. The van der Waals surface area contributed by atoms with Gasteiger partial charge in [-0.1, -0.05) is 32.4 Å². The third-order valence-electron chi connectivity index (χ3n) is 4.47. The predicted octanol–water partition coefficient (Wildman–Crippen LogP) is 3.47. The number of rotatable bonds is 6. The van der Waals surface area contributed by atoms with E-state index >= 15 is 0 Å². The predicted molar refractivity (Wildman–Crippen MR) is 83.9 cm³/mol. The number of nitrogens with zero attached hydrogens (tertiary/aromatic N) is 1. The van der Waals surface area contributed by atoms with Crippen molar-refractivity contribution >= 4 is 5.69 Å². The van der Waals surface area contributed by atoms with Crippen molar-refractivity contribution in [1.29, 1.82) is 0 Å². The van der Waals surface area contributed by atoms with Crippen molar-refractivity contribution < 1.29 is 0 Å². The Hall–Kier alpha value is -1.02. The van der Waals surface area contributed by atoms with Gasteiger partial charge in [0, 0.05) is 31.2 Å². The molecule has 0 aromatic heterocycles. The van der Waals surface area contributed by atoms with E-state index in [-0.39, 0.29) is 0 Å². The summed E-state index contributed by atoms with van der Waals surface area (Å²) in [6, 6.07) is 9.04. The first-order chi connectivity index (χ1) is 9.19. The first-order valence-electron chi connectivity index (χ1n) is 7.70. The maximum absolute atomic E-state index is 3.55. The minimum absolute atomic E-state index is 0.479. The van der Waals surface area contributed by atoms with Crippen molar-refractivity contribution in [3.05, 3.63) is 29.8 Å². The van der Waals surface area contributed by atoms with Gasteiger partial charge in [0.15, 0.2) is 0 Å². The molecule has 1 unspecified atom stereocenters. The zero-order chi connectivity index (χ0) is 13.7. The normalized spacial score (nSPS) is 22.7. The Labute approximate surface area is 118 Å². The highest BCUT2D eigenvalue weighted by molar-refractivity contribution is 5.47. The lowest BCUT2D eigenvalue weighted by atomic mass is 9.82. The molecule has 0 amide bonds. The monoisotopic (exact) mass is 260 g/mol. The Balaban J connectivity index is 2.03. The molecule has 0 aliphatic carbocycles. The zero-order valence-electron chi connectivity index (χ0n) is 12.7. The standard InChI is InChI=1S/C17H28N2/c1-4-10-17(11-12-18-13-17)14-19(3)16-8-6-15(5-2)7-9-16/h6-9,18H,4-5,10-14H2,1-3H3. The first-order valence-corrected chi connectivity index (χ1v) is 7.70. The lowest BCUT2D eigenvalue weighted by Crippen LogP contribution is -2.37. The summed E-state index contributed by atoms with van der Waals surface area (Å²) in [4.78, 5) is 2.43. The summed E-state index contributed by atoms with van der Waals surface area (Å²) in [5, 5.41) is 3.55. The summed E-state index contributed by atoms with van der Waals surface area (Å²) in [6.45, 7) is 8.04. The third-order valence-corrected chi connectivity index (χ3v) is 4.47. The van der Waals surface area contributed by atoms with Gasteiger partial charge in [-0.2, -0.15) is 0 Å². The summed E-state index contributed by atoms with van der Waals surface area (Å²) in [7, 11) is 2.23. The van der Waals surface area contributed by atoms with Crippen LogP contribution in [0.5, 0.6) is 0 Å². The van der Waals surface area contributed by atoms with Crippen LogP contribution in [0.2, 0.25) is 0 Å². The van der Waals surface area contributed by atoms with Gasteiger partial charge in [-0.25, -0.2) is 0 Å². The van der Waals surface area contributed by atoms with Crippen molar-refractivity contribution in [2.24, 2.45) is 5.41 Å². The van der Waals surface area contributed by atoms with Crippen LogP contribution in [0.1, 0.15) is 38.7 Å².